The summed E-state index contributed by atoms with van der Waals surface area (Å²) in [5.74, 6) is 1.37. The Kier molecular flexibility index (Phi) is 5.31. The van der Waals surface area contributed by atoms with Gasteiger partial charge in [-0.1, -0.05) is 36.4 Å². The van der Waals surface area contributed by atoms with E-state index in [4.69, 9.17) is 10.2 Å². The van der Waals surface area contributed by atoms with Crippen molar-refractivity contribution >= 4 is 46.8 Å². The van der Waals surface area contributed by atoms with Gasteiger partial charge in [0.2, 0.25) is 0 Å². The molecule has 25 heavy (non-hydrogen) atoms. The minimum atomic E-state index is 0. The molecular weight excluding hydrogens is 355 g/mol. The fourth-order valence-corrected chi connectivity index (χ4v) is 4.66. The third kappa shape index (κ3) is 3.04. The van der Waals surface area contributed by atoms with Gasteiger partial charge >= 0.3 is 0 Å². The molecule has 2 fully saturated rings. The number of fused-ring (bicyclic) bond motifs is 5. The van der Waals surface area contributed by atoms with E-state index < -0.39 is 0 Å². The van der Waals surface area contributed by atoms with Crippen LogP contribution in [0.5, 0.6) is 0 Å². The van der Waals surface area contributed by atoms with Gasteiger partial charge in [0.1, 0.15) is 11.2 Å². The molecule has 5 heteroatoms. The van der Waals surface area contributed by atoms with Crippen molar-refractivity contribution < 1.29 is 4.42 Å². The van der Waals surface area contributed by atoms with Crippen LogP contribution in [0.3, 0.4) is 0 Å². The number of nitrogens with two attached hydrogens (primary N) is 1. The van der Waals surface area contributed by atoms with Crippen LogP contribution in [-0.2, 0) is 6.54 Å². The number of furan rings is 1. The number of halogens is 2. The zero-order chi connectivity index (χ0) is 15.4. The maximum absolute atomic E-state index is 6.34. The zero-order valence-electron chi connectivity index (χ0n) is 14.1. The molecule has 2 aliphatic rings. The Labute approximate surface area is 160 Å². The van der Waals surface area contributed by atoms with E-state index >= 15 is 0 Å². The van der Waals surface area contributed by atoms with Gasteiger partial charge in [-0.2, -0.15) is 0 Å². The molecule has 0 radical (unpaired) electrons. The molecule has 2 heterocycles. The molecule has 1 saturated heterocycles. The zero-order valence-corrected chi connectivity index (χ0v) is 15.7. The molecule has 1 aliphatic heterocycles. The molecule has 2 aromatic carbocycles. The van der Waals surface area contributed by atoms with Crippen molar-refractivity contribution in [2.45, 2.75) is 25.4 Å². The highest BCUT2D eigenvalue weighted by atomic mass is 35.5. The van der Waals surface area contributed by atoms with Gasteiger partial charge in [-0.15, -0.1) is 24.8 Å². The number of likely N-dealkylation sites (tertiary alicyclic amines) is 1. The van der Waals surface area contributed by atoms with Crippen LogP contribution in [0.2, 0.25) is 0 Å². The summed E-state index contributed by atoms with van der Waals surface area (Å²) in [6.07, 6.45) is 2.61. The van der Waals surface area contributed by atoms with Crippen LogP contribution in [-0.4, -0.2) is 24.0 Å². The van der Waals surface area contributed by atoms with Crippen molar-refractivity contribution in [1.82, 2.24) is 4.90 Å². The van der Waals surface area contributed by atoms with Crippen LogP contribution in [0.15, 0.2) is 46.9 Å². The summed E-state index contributed by atoms with van der Waals surface area (Å²) in [6.45, 7) is 3.24. The lowest BCUT2D eigenvalue weighted by Crippen LogP contribution is -2.48. The fourth-order valence-electron chi connectivity index (χ4n) is 4.66. The van der Waals surface area contributed by atoms with E-state index in [2.05, 4.69) is 41.3 Å². The van der Waals surface area contributed by atoms with E-state index in [0.717, 1.165) is 30.8 Å². The molecule has 134 valence electrons. The number of piperidine rings is 1. The summed E-state index contributed by atoms with van der Waals surface area (Å²) in [5, 5.41) is 2.44. The summed E-state index contributed by atoms with van der Waals surface area (Å²) in [7, 11) is 0. The number of rotatable bonds is 2. The van der Waals surface area contributed by atoms with Crippen LogP contribution in [0.4, 0.5) is 0 Å². The van der Waals surface area contributed by atoms with Gasteiger partial charge in [-0.25, -0.2) is 0 Å². The Morgan fingerprint density at radius 1 is 0.920 bits per heavy atom. The fraction of sp³-hybridized carbons (Fsp3) is 0.400. The molecule has 1 unspecified atom stereocenters. The number of benzene rings is 2. The molecule has 3 aromatic rings. The second kappa shape index (κ2) is 7.16. The molecule has 0 amide bonds. The van der Waals surface area contributed by atoms with Gasteiger partial charge in [-0.3, -0.25) is 4.90 Å². The third-order valence-corrected chi connectivity index (χ3v) is 5.86. The first kappa shape index (κ1) is 18.5. The van der Waals surface area contributed by atoms with Gasteiger partial charge in [0.15, 0.2) is 0 Å². The molecule has 1 aromatic heterocycles. The lowest BCUT2D eigenvalue weighted by molar-refractivity contribution is 0.141. The van der Waals surface area contributed by atoms with Gasteiger partial charge < -0.3 is 10.2 Å². The Morgan fingerprint density at radius 2 is 1.60 bits per heavy atom. The smallest absolute Gasteiger partial charge is 0.139 e. The van der Waals surface area contributed by atoms with Gasteiger partial charge in [0.25, 0.3) is 0 Å². The molecule has 0 spiro atoms. The highest BCUT2D eigenvalue weighted by molar-refractivity contribution is 6.05. The normalized spacial score (nSPS) is 25.7. The van der Waals surface area contributed by atoms with Crippen molar-refractivity contribution in [2.75, 3.05) is 13.1 Å². The molecule has 3 nitrogen and oxygen atoms in total. The number of nitrogens with zero attached hydrogens (tertiary/aromatic N) is 1. The SMILES string of the molecule is Cl.Cl.NC1[C@@H]2CC[C@H]1CN(Cc1cccc3c1oc1ccccc13)C2. The third-order valence-electron chi connectivity index (χ3n) is 5.86. The van der Waals surface area contributed by atoms with E-state index in [0.29, 0.717) is 17.9 Å². The lowest BCUT2D eigenvalue weighted by atomic mass is 9.93. The molecule has 2 bridgehead atoms. The molecule has 2 N–H and O–H groups in total. The monoisotopic (exact) mass is 378 g/mol. The summed E-state index contributed by atoms with van der Waals surface area (Å²) in [4.78, 5) is 2.58. The summed E-state index contributed by atoms with van der Waals surface area (Å²) < 4.78 is 6.16. The van der Waals surface area contributed by atoms with Crippen molar-refractivity contribution in [1.29, 1.82) is 0 Å². The molecule has 3 atom stereocenters. The van der Waals surface area contributed by atoms with E-state index in [1.807, 2.05) is 6.07 Å². The highest BCUT2D eigenvalue weighted by Gasteiger charge is 2.39. The Bertz CT molecular complexity index is 864. The van der Waals surface area contributed by atoms with Crippen LogP contribution >= 0.6 is 24.8 Å². The van der Waals surface area contributed by atoms with Crippen LogP contribution in [0.25, 0.3) is 21.9 Å². The van der Waals surface area contributed by atoms with Crippen LogP contribution < -0.4 is 5.73 Å². The topological polar surface area (TPSA) is 42.4 Å². The summed E-state index contributed by atoms with van der Waals surface area (Å²) in [6, 6.07) is 15.3. The average molecular weight is 379 g/mol. The summed E-state index contributed by atoms with van der Waals surface area (Å²) >= 11 is 0. The van der Waals surface area contributed by atoms with Crippen LogP contribution in [0, 0.1) is 11.8 Å². The predicted molar refractivity (Wildman–Crippen MR) is 108 cm³/mol. The Hall–Kier alpha value is -1.26. The molecule has 1 saturated carbocycles. The molecular formula is C20H24Cl2N2O. The van der Waals surface area contributed by atoms with Gasteiger partial charge in [0.05, 0.1) is 0 Å². The van der Waals surface area contributed by atoms with Crippen molar-refractivity contribution in [2.24, 2.45) is 17.6 Å². The first-order valence-corrected chi connectivity index (χ1v) is 8.66. The second-order valence-corrected chi connectivity index (χ2v) is 7.26. The van der Waals surface area contributed by atoms with Crippen molar-refractivity contribution in [3.63, 3.8) is 0 Å². The van der Waals surface area contributed by atoms with E-state index in [-0.39, 0.29) is 24.8 Å². The van der Waals surface area contributed by atoms with Crippen molar-refractivity contribution in [3.8, 4) is 0 Å². The average Bonchev–Trinajstić information content (AvgIpc) is 3.02. The molecule has 5 rings (SSSR count). The summed E-state index contributed by atoms with van der Waals surface area (Å²) in [5.41, 5.74) is 9.67. The minimum Gasteiger partial charge on any atom is -0.456 e. The number of para-hydroxylation sites is 2. The van der Waals surface area contributed by atoms with Gasteiger partial charge in [0, 0.05) is 42.0 Å². The Balaban J connectivity index is 0.000000911. The Morgan fingerprint density at radius 3 is 2.36 bits per heavy atom. The maximum Gasteiger partial charge on any atom is 0.139 e. The van der Waals surface area contributed by atoms with E-state index in [1.165, 1.54) is 29.2 Å². The first-order chi connectivity index (χ1) is 11.3. The first-order valence-electron chi connectivity index (χ1n) is 8.66. The maximum atomic E-state index is 6.34. The van der Waals surface area contributed by atoms with Gasteiger partial charge in [-0.05, 0) is 30.7 Å². The highest BCUT2D eigenvalue weighted by Crippen LogP contribution is 2.37. The second-order valence-electron chi connectivity index (χ2n) is 7.26. The minimum absolute atomic E-state index is 0. The molecule has 1 aliphatic carbocycles. The quantitative estimate of drug-likeness (QED) is 0.708. The van der Waals surface area contributed by atoms with E-state index in [1.54, 1.807) is 0 Å². The standard InChI is InChI=1S/C20H22N2O.2ClH/c21-19-13-8-9-14(19)11-22(10-13)12-15-4-3-6-17-16-5-1-2-7-18(16)23-20(15)17;;/h1-7,13-14,19H,8-12,21H2;2*1H/t13-,14+,19?;;. The van der Waals surface area contributed by atoms with Crippen LogP contribution in [0.1, 0.15) is 18.4 Å². The number of hydrogen-bond acceptors (Lipinski definition) is 3. The number of hydrogen-bond donors (Lipinski definition) is 1. The predicted octanol–water partition coefficient (Wildman–Crippen LogP) is 4.60. The lowest BCUT2D eigenvalue weighted by Gasteiger charge is -2.36. The van der Waals surface area contributed by atoms with E-state index in [9.17, 15) is 0 Å². The van der Waals surface area contributed by atoms with Crippen molar-refractivity contribution in [3.05, 3.63) is 48.0 Å². The largest absolute Gasteiger partial charge is 0.456 e.